The molecule has 1 N–H and O–H groups in total. The average molecular weight is 341 g/mol. The third kappa shape index (κ3) is 3.56. The fourth-order valence-electron chi connectivity index (χ4n) is 2.65. The molecule has 1 aromatic carbocycles. The monoisotopic (exact) mass is 340 g/mol. The average Bonchev–Trinajstić information content (AvgIpc) is 2.92. The minimum absolute atomic E-state index is 0.00306. The maximum atomic E-state index is 12.0. The molecule has 1 aliphatic rings. The standard InChI is InChI=1S/C14H17BrN2O3/c15-8-11-2-1-3-12(11)9-16-14(18)10-4-6-13(7-5-10)17(19)20/h4-7,11-12H,1-3,8-9H2,(H,16,18). The molecule has 0 aromatic heterocycles. The number of carbonyl (C=O) groups is 1. The molecule has 2 unspecified atom stereocenters. The highest BCUT2D eigenvalue weighted by Gasteiger charge is 2.26. The zero-order chi connectivity index (χ0) is 14.5. The van der Waals surface area contributed by atoms with Crippen LogP contribution in [0.3, 0.4) is 0 Å². The summed E-state index contributed by atoms with van der Waals surface area (Å²) in [6.07, 6.45) is 3.58. The van der Waals surface area contributed by atoms with Gasteiger partial charge in [-0.05, 0) is 36.8 Å². The predicted octanol–water partition coefficient (Wildman–Crippen LogP) is 3.14. The Morgan fingerprint density at radius 1 is 1.30 bits per heavy atom. The number of hydrogen-bond acceptors (Lipinski definition) is 3. The van der Waals surface area contributed by atoms with E-state index in [1.165, 1.54) is 37.1 Å². The van der Waals surface area contributed by atoms with E-state index in [0.717, 1.165) is 11.8 Å². The van der Waals surface area contributed by atoms with Crippen LogP contribution >= 0.6 is 15.9 Å². The van der Waals surface area contributed by atoms with Crippen molar-refractivity contribution >= 4 is 27.5 Å². The lowest BCUT2D eigenvalue weighted by molar-refractivity contribution is -0.384. The van der Waals surface area contributed by atoms with Crippen molar-refractivity contribution in [2.24, 2.45) is 11.8 Å². The van der Waals surface area contributed by atoms with Crippen LogP contribution in [-0.4, -0.2) is 22.7 Å². The first-order chi connectivity index (χ1) is 9.61. The van der Waals surface area contributed by atoms with Gasteiger partial charge in [0.2, 0.25) is 0 Å². The van der Waals surface area contributed by atoms with Crippen LogP contribution in [0.25, 0.3) is 0 Å². The van der Waals surface area contributed by atoms with E-state index >= 15 is 0 Å². The summed E-state index contributed by atoms with van der Waals surface area (Å²) in [5.41, 5.74) is 0.459. The molecule has 1 amide bonds. The van der Waals surface area contributed by atoms with E-state index in [0.29, 0.717) is 23.9 Å². The van der Waals surface area contributed by atoms with Gasteiger partial charge in [0.1, 0.15) is 0 Å². The smallest absolute Gasteiger partial charge is 0.269 e. The van der Waals surface area contributed by atoms with Crippen LogP contribution in [0.4, 0.5) is 5.69 Å². The summed E-state index contributed by atoms with van der Waals surface area (Å²) in [6.45, 7) is 0.673. The van der Waals surface area contributed by atoms with Gasteiger partial charge in [-0.1, -0.05) is 22.4 Å². The van der Waals surface area contributed by atoms with Gasteiger partial charge in [0.15, 0.2) is 0 Å². The molecule has 5 nitrogen and oxygen atoms in total. The number of nitro groups is 1. The second-order valence-corrected chi connectivity index (χ2v) is 5.77. The van der Waals surface area contributed by atoms with E-state index in [-0.39, 0.29) is 11.6 Å². The van der Waals surface area contributed by atoms with Gasteiger partial charge >= 0.3 is 0 Å². The summed E-state index contributed by atoms with van der Waals surface area (Å²) in [5, 5.41) is 14.5. The van der Waals surface area contributed by atoms with Crippen LogP contribution in [0.5, 0.6) is 0 Å². The fraction of sp³-hybridized carbons (Fsp3) is 0.500. The van der Waals surface area contributed by atoms with E-state index < -0.39 is 4.92 Å². The lowest BCUT2D eigenvalue weighted by atomic mass is 9.98. The van der Waals surface area contributed by atoms with Crippen LogP contribution in [0.1, 0.15) is 29.6 Å². The van der Waals surface area contributed by atoms with Crippen molar-refractivity contribution < 1.29 is 9.72 Å². The molecule has 2 rings (SSSR count). The molecule has 0 saturated heterocycles. The van der Waals surface area contributed by atoms with E-state index in [4.69, 9.17) is 0 Å². The summed E-state index contributed by atoms with van der Waals surface area (Å²) in [4.78, 5) is 22.1. The summed E-state index contributed by atoms with van der Waals surface area (Å²) < 4.78 is 0. The molecule has 0 aliphatic heterocycles. The topological polar surface area (TPSA) is 72.2 Å². The Hall–Kier alpha value is -1.43. The highest BCUT2D eigenvalue weighted by atomic mass is 79.9. The van der Waals surface area contributed by atoms with Crippen molar-refractivity contribution in [3.05, 3.63) is 39.9 Å². The zero-order valence-corrected chi connectivity index (χ0v) is 12.6. The Bertz CT molecular complexity index is 490. The summed E-state index contributed by atoms with van der Waals surface area (Å²) in [7, 11) is 0. The SMILES string of the molecule is O=C(NCC1CCCC1CBr)c1ccc([N+](=O)[O-])cc1. The van der Waals surface area contributed by atoms with Gasteiger partial charge < -0.3 is 5.32 Å². The Labute approximate surface area is 126 Å². The first kappa shape index (κ1) is 15.0. The van der Waals surface area contributed by atoms with Crippen LogP contribution in [0.2, 0.25) is 0 Å². The Balaban J connectivity index is 1.90. The lowest BCUT2D eigenvalue weighted by Gasteiger charge is -2.17. The van der Waals surface area contributed by atoms with Crippen molar-refractivity contribution in [1.29, 1.82) is 0 Å². The minimum atomic E-state index is -0.471. The van der Waals surface area contributed by atoms with Gasteiger partial charge in [-0.15, -0.1) is 0 Å². The van der Waals surface area contributed by atoms with Gasteiger partial charge in [0.05, 0.1) is 4.92 Å². The highest BCUT2D eigenvalue weighted by Crippen LogP contribution is 2.32. The summed E-state index contributed by atoms with van der Waals surface area (Å²) >= 11 is 3.51. The second kappa shape index (κ2) is 6.83. The maximum Gasteiger partial charge on any atom is 0.269 e. The van der Waals surface area contributed by atoms with E-state index in [1.54, 1.807) is 0 Å². The van der Waals surface area contributed by atoms with Crippen molar-refractivity contribution in [3.8, 4) is 0 Å². The van der Waals surface area contributed by atoms with Gasteiger partial charge in [0, 0.05) is 29.6 Å². The lowest BCUT2D eigenvalue weighted by Crippen LogP contribution is -2.31. The maximum absolute atomic E-state index is 12.0. The molecule has 1 aromatic rings. The molecule has 0 bridgehead atoms. The number of hydrogen-bond donors (Lipinski definition) is 1. The van der Waals surface area contributed by atoms with Crippen molar-refractivity contribution in [2.45, 2.75) is 19.3 Å². The number of benzene rings is 1. The van der Waals surface area contributed by atoms with Crippen LogP contribution < -0.4 is 5.32 Å². The Morgan fingerprint density at radius 2 is 1.95 bits per heavy atom. The van der Waals surface area contributed by atoms with Crippen molar-refractivity contribution in [1.82, 2.24) is 5.32 Å². The number of rotatable bonds is 5. The third-order valence-corrected chi connectivity index (χ3v) is 4.71. The van der Waals surface area contributed by atoms with Crippen LogP contribution in [0, 0.1) is 22.0 Å². The second-order valence-electron chi connectivity index (χ2n) is 5.12. The van der Waals surface area contributed by atoms with Crippen molar-refractivity contribution in [3.63, 3.8) is 0 Å². The molecule has 1 saturated carbocycles. The number of amides is 1. The van der Waals surface area contributed by atoms with E-state index in [9.17, 15) is 14.9 Å². The number of nitrogens with one attached hydrogen (secondary N) is 1. The largest absolute Gasteiger partial charge is 0.352 e. The molecule has 6 heteroatoms. The van der Waals surface area contributed by atoms with Gasteiger partial charge in [-0.2, -0.15) is 0 Å². The van der Waals surface area contributed by atoms with Gasteiger partial charge in [-0.3, -0.25) is 14.9 Å². The van der Waals surface area contributed by atoms with Gasteiger partial charge in [0.25, 0.3) is 11.6 Å². The highest BCUT2D eigenvalue weighted by molar-refractivity contribution is 9.09. The van der Waals surface area contributed by atoms with Crippen LogP contribution in [-0.2, 0) is 0 Å². The molecule has 1 fully saturated rings. The number of nitro benzene ring substituents is 1. The molecular formula is C14H17BrN2O3. The molecule has 1 aliphatic carbocycles. The van der Waals surface area contributed by atoms with E-state index in [1.807, 2.05) is 0 Å². The first-order valence-corrected chi connectivity index (χ1v) is 7.82. The zero-order valence-electron chi connectivity index (χ0n) is 11.0. The molecule has 0 spiro atoms. The predicted molar refractivity (Wildman–Crippen MR) is 80.1 cm³/mol. The Kier molecular flexibility index (Phi) is 5.11. The first-order valence-electron chi connectivity index (χ1n) is 6.70. The number of carbonyl (C=O) groups excluding carboxylic acids is 1. The third-order valence-electron chi connectivity index (χ3n) is 3.88. The molecular weight excluding hydrogens is 324 g/mol. The Morgan fingerprint density at radius 3 is 2.55 bits per heavy atom. The molecule has 0 radical (unpaired) electrons. The summed E-state index contributed by atoms with van der Waals surface area (Å²) in [6, 6.07) is 5.69. The quantitative estimate of drug-likeness (QED) is 0.508. The number of halogens is 1. The number of alkyl halides is 1. The molecule has 0 heterocycles. The minimum Gasteiger partial charge on any atom is -0.352 e. The van der Waals surface area contributed by atoms with Crippen molar-refractivity contribution in [2.75, 3.05) is 11.9 Å². The van der Waals surface area contributed by atoms with E-state index in [2.05, 4.69) is 21.2 Å². The molecule has 20 heavy (non-hydrogen) atoms. The summed E-state index contributed by atoms with van der Waals surface area (Å²) in [5.74, 6) is 0.989. The fourth-order valence-corrected chi connectivity index (χ4v) is 3.50. The molecule has 2 atom stereocenters. The van der Waals surface area contributed by atoms with Crippen LogP contribution in [0.15, 0.2) is 24.3 Å². The van der Waals surface area contributed by atoms with Gasteiger partial charge in [-0.25, -0.2) is 0 Å². The number of non-ortho nitro benzene ring substituents is 1. The number of nitrogens with zero attached hydrogens (tertiary/aromatic N) is 1. The normalized spacial score (nSPS) is 21.6. The molecule has 108 valence electrons.